The van der Waals surface area contributed by atoms with Crippen LogP contribution in [0.4, 0.5) is 0 Å². The van der Waals surface area contributed by atoms with Gasteiger partial charge in [-0.05, 0) is 44.9 Å². The van der Waals surface area contributed by atoms with Crippen LogP contribution in [-0.2, 0) is 0 Å². The van der Waals surface area contributed by atoms with Crippen molar-refractivity contribution in [3.8, 4) is 0 Å². The predicted molar refractivity (Wildman–Crippen MR) is 73.7 cm³/mol. The van der Waals surface area contributed by atoms with Crippen LogP contribution in [0.25, 0.3) is 0 Å². The zero-order valence-corrected chi connectivity index (χ0v) is 13.1. The van der Waals surface area contributed by atoms with Crippen LogP contribution in [0.3, 0.4) is 0 Å². The average Bonchev–Trinajstić information content (AvgIpc) is 2.71. The van der Waals surface area contributed by atoms with Crippen molar-refractivity contribution in [2.75, 3.05) is 26.2 Å². The summed E-state index contributed by atoms with van der Waals surface area (Å²) in [5.41, 5.74) is 0. The van der Waals surface area contributed by atoms with Crippen molar-refractivity contribution in [3.05, 3.63) is 12.7 Å². The summed E-state index contributed by atoms with van der Waals surface area (Å²) in [7, 11) is 0. The van der Waals surface area contributed by atoms with E-state index in [1.165, 1.54) is 71.0 Å². The lowest BCUT2D eigenvalue weighted by Crippen LogP contribution is -3.00. The minimum Gasteiger partial charge on any atom is -1.00 e. The molecule has 0 aromatic carbocycles. The molecular formula is C15H27BrN2. The summed E-state index contributed by atoms with van der Waals surface area (Å²) in [4.78, 5) is 2.57. The first-order valence-electron chi connectivity index (χ1n) is 7.38. The quantitative estimate of drug-likeness (QED) is 0.515. The van der Waals surface area contributed by atoms with Gasteiger partial charge in [0.05, 0.1) is 19.6 Å². The van der Waals surface area contributed by atoms with Crippen molar-refractivity contribution in [2.24, 2.45) is 0 Å². The molecule has 0 unspecified atom stereocenters. The Balaban J connectivity index is 0.00000162. The van der Waals surface area contributed by atoms with E-state index < -0.39 is 0 Å². The third kappa shape index (κ3) is 4.42. The lowest BCUT2D eigenvalue weighted by molar-refractivity contribution is -0.532. The third-order valence-corrected chi connectivity index (χ3v) is 4.01. The molecule has 3 heteroatoms. The van der Waals surface area contributed by atoms with Gasteiger partial charge in [-0.3, -0.25) is 9.48 Å². The molecule has 0 radical (unpaired) electrons. The van der Waals surface area contributed by atoms with Crippen LogP contribution < -0.4 is 17.0 Å². The summed E-state index contributed by atoms with van der Waals surface area (Å²) >= 11 is 0. The smallest absolute Gasteiger partial charge is 0.247 e. The van der Waals surface area contributed by atoms with Gasteiger partial charge in [-0.25, -0.2) is 0 Å². The average molecular weight is 315 g/mol. The van der Waals surface area contributed by atoms with Gasteiger partial charge in [0.25, 0.3) is 0 Å². The number of hydrogen-bond donors (Lipinski definition) is 0. The number of halogens is 1. The maximum atomic E-state index is 3.91. The van der Waals surface area contributed by atoms with E-state index >= 15 is 0 Å². The second-order valence-electron chi connectivity index (χ2n) is 5.36. The van der Waals surface area contributed by atoms with Gasteiger partial charge in [-0.2, -0.15) is 0 Å². The maximum Gasteiger partial charge on any atom is 0.247 e. The van der Waals surface area contributed by atoms with E-state index in [4.69, 9.17) is 0 Å². The summed E-state index contributed by atoms with van der Waals surface area (Å²) in [6, 6.07) is 0. The minimum absolute atomic E-state index is 0. The molecule has 0 amide bonds. The lowest BCUT2D eigenvalue weighted by atomic mass is 10.2. The topological polar surface area (TPSA) is 6.25 Å². The van der Waals surface area contributed by atoms with E-state index in [-0.39, 0.29) is 17.0 Å². The van der Waals surface area contributed by atoms with Crippen molar-refractivity contribution in [3.63, 3.8) is 0 Å². The van der Waals surface area contributed by atoms with Gasteiger partial charge in [-0.1, -0.05) is 12.7 Å². The molecule has 0 aromatic rings. The Bertz CT molecular complexity index is 276. The van der Waals surface area contributed by atoms with E-state index in [0.29, 0.717) is 0 Å². The number of nitrogens with zero attached hydrogens (tertiary/aromatic N) is 2. The molecule has 0 N–H and O–H groups in total. The standard InChI is InChI=1S/C15H27N2.BrH/c1-2-11-16-12-9-5-6-10-15(16)17-13-7-3-4-8-14-17;/h2H,1,3-14H2;1H/q+1;/p-1. The fourth-order valence-electron chi connectivity index (χ4n) is 3.09. The molecule has 0 aromatic heterocycles. The van der Waals surface area contributed by atoms with E-state index in [2.05, 4.69) is 22.1 Å². The minimum atomic E-state index is 0. The SMILES string of the molecule is C=CCN1CCCCCC1=[N+]1CCCCCC1.[Br-]. The van der Waals surface area contributed by atoms with E-state index in [1.807, 2.05) is 0 Å². The lowest BCUT2D eigenvalue weighted by Gasteiger charge is -2.19. The number of amidine groups is 1. The second kappa shape index (κ2) is 8.73. The molecule has 104 valence electrons. The zero-order valence-electron chi connectivity index (χ0n) is 11.5. The fraction of sp³-hybridized carbons (Fsp3) is 0.800. The molecular weight excluding hydrogens is 288 g/mol. The summed E-state index contributed by atoms with van der Waals surface area (Å²) < 4.78 is 2.67. The van der Waals surface area contributed by atoms with Gasteiger partial charge in [0.1, 0.15) is 6.54 Å². The Labute approximate surface area is 123 Å². The number of likely N-dealkylation sites (tertiary alicyclic amines) is 1. The van der Waals surface area contributed by atoms with Gasteiger partial charge in [0.2, 0.25) is 5.84 Å². The van der Waals surface area contributed by atoms with Crippen LogP contribution in [0, 0.1) is 0 Å². The number of rotatable bonds is 2. The van der Waals surface area contributed by atoms with Crippen LogP contribution >= 0.6 is 0 Å². The molecule has 0 spiro atoms. The highest BCUT2D eigenvalue weighted by Crippen LogP contribution is 2.15. The Morgan fingerprint density at radius 3 is 2.33 bits per heavy atom. The van der Waals surface area contributed by atoms with E-state index in [0.717, 1.165) is 6.54 Å². The first kappa shape index (κ1) is 15.7. The predicted octanol–water partition coefficient (Wildman–Crippen LogP) is 0.0374. The maximum absolute atomic E-state index is 3.91. The molecule has 18 heavy (non-hydrogen) atoms. The van der Waals surface area contributed by atoms with Gasteiger partial charge in [0.15, 0.2) is 0 Å². The van der Waals surface area contributed by atoms with Crippen molar-refractivity contribution in [2.45, 2.75) is 51.4 Å². The Morgan fingerprint density at radius 2 is 1.67 bits per heavy atom. The molecule has 0 aliphatic carbocycles. The Kier molecular flexibility index (Phi) is 7.64. The van der Waals surface area contributed by atoms with Gasteiger partial charge in [-0.15, -0.1) is 0 Å². The molecule has 2 fully saturated rings. The highest BCUT2D eigenvalue weighted by molar-refractivity contribution is 5.77. The van der Waals surface area contributed by atoms with Crippen LogP contribution in [0.1, 0.15) is 51.4 Å². The monoisotopic (exact) mass is 314 g/mol. The fourth-order valence-corrected chi connectivity index (χ4v) is 3.09. The largest absolute Gasteiger partial charge is 1.00 e. The van der Waals surface area contributed by atoms with E-state index in [1.54, 1.807) is 5.84 Å². The molecule has 2 aliphatic rings. The summed E-state index contributed by atoms with van der Waals surface area (Å²) in [6.07, 6.45) is 13.1. The molecule has 0 saturated carbocycles. The van der Waals surface area contributed by atoms with Crippen molar-refractivity contribution >= 4 is 5.84 Å². The first-order chi connectivity index (χ1) is 8.42. The van der Waals surface area contributed by atoms with Gasteiger partial charge >= 0.3 is 0 Å². The molecule has 2 rings (SSSR count). The zero-order chi connectivity index (χ0) is 11.9. The molecule has 0 bridgehead atoms. The molecule has 0 atom stereocenters. The van der Waals surface area contributed by atoms with Crippen molar-refractivity contribution in [1.29, 1.82) is 0 Å². The van der Waals surface area contributed by atoms with Crippen molar-refractivity contribution < 1.29 is 21.6 Å². The molecule has 2 nitrogen and oxygen atoms in total. The van der Waals surface area contributed by atoms with Crippen LogP contribution in [-0.4, -0.2) is 41.5 Å². The normalized spacial score (nSPS) is 21.9. The Morgan fingerprint density at radius 1 is 1.00 bits per heavy atom. The van der Waals surface area contributed by atoms with Crippen LogP contribution in [0.15, 0.2) is 12.7 Å². The Hall–Kier alpha value is -0.310. The van der Waals surface area contributed by atoms with E-state index in [9.17, 15) is 0 Å². The highest BCUT2D eigenvalue weighted by atomic mass is 79.9. The number of hydrogen-bond acceptors (Lipinski definition) is 0. The van der Waals surface area contributed by atoms with Gasteiger partial charge in [0, 0.05) is 6.42 Å². The molecule has 2 aliphatic heterocycles. The highest BCUT2D eigenvalue weighted by Gasteiger charge is 2.24. The van der Waals surface area contributed by atoms with Crippen LogP contribution in [0.2, 0.25) is 0 Å². The van der Waals surface area contributed by atoms with Crippen LogP contribution in [0.5, 0.6) is 0 Å². The summed E-state index contributed by atoms with van der Waals surface area (Å²) in [5.74, 6) is 1.62. The molecule has 2 heterocycles. The summed E-state index contributed by atoms with van der Waals surface area (Å²) in [5, 5.41) is 0. The molecule has 2 saturated heterocycles. The summed E-state index contributed by atoms with van der Waals surface area (Å²) in [6.45, 7) is 8.74. The van der Waals surface area contributed by atoms with Gasteiger partial charge < -0.3 is 17.0 Å². The first-order valence-corrected chi connectivity index (χ1v) is 7.38. The second-order valence-corrected chi connectivity index (χ2v) is 5.36. The van der Waals surface area contributed by atoms with Crippen molar-refractivity contribution in [1.82, 2.24) is 4.90 Å². The third-order valence-electron chi connectivity index (χ3n) is 4.01.